The number of benzene rings is 11. The minimum atomic E-state index is 0.433. The first-order valence-corrected chi connectivity index (χ1v) is 24.2. The highest BCUT2D eigenvalue weighted by atomic mass is 15.0. The van der Waals surface area contributed by atoms with Gasteiger partial charge in [-0.05, 0) is 116 Å². The molecule has 0 amide bonds. The number of aromatic nitrogens is 2. The Morgan fingerprint density at radius 2 is 0.583 bits per heavy atom. The van der Waals surface area contributed by atoms with E-state index in [1.807, 2.05) is 24.3 Å². The quantitative estimate of drug-likeness (QED) is 0.140. The van der Waals surface area contributed by atoms with Gasteiger partial charge in [0.05, 0.1) is 45.6 Å². The van der Waals surface area contributed by atoms with Crippen molar-refractivity contribution in [2.45, 2.75) is 0 Å². The minimum absolute atomic E-state index is 0.433. The van der Waals surface area contributed by atoms with Gasteiger partial charge in [0, 0.05) is 32.7 Å². The highest BCUT2D eigenvalue weighted by Gasteiger charge is 2.32. The number of hydrogen-bond acceptors (Lipinski definition) is 1. The Kier molecular flexibility index (Phi) is 10.2. The van der Waals surface area contributed by atoms with Crippen LogP contribution in [0, 0.1) is 17.9 Å². The van der Waals surface area contributed by atoms with Crippen LogP contribution in [0.25, 0.3) is 127 Å². The Hall–Kier alpha value is -10.0. The molecule has 0 aliphatic rings. The molecule has 13 aromatic rings. The molecule has 13 rings (SSSR count). The van der Waals surface area contributed by atoms with E-state index >= 15 is 0 Å². The second-order valence-corrected chi connectivity index (χ2v) is 18.2. The van der Waals surface area contributed by atoms with E-state index in [9.17, 15) is 11.8 Å². The Bertz CT molecular complexity index is 3820. The van der Waals surface area contributed by atoms with Gasteiger partial charge in [-0.15, -0.1) is 0 Å². The summed E-state index contributed by atoms with van der Waals surface area (Å²) in [5, 5.41) is 16.7. The molecule has 0 aliphatic carbocycles. The van der Waals surface area contributed by atoms with Crippen LogP contribution < -0.4 is 0 Å². The zero-order valence-electron chi connectivity index (χ0n) is 39.0. The second-order valence-electron chi connectivity index (χ2n) is 18.2. The Morgan fingerprint density at radius 3 is 0.903 bits per heavy atom. The molecular weight excluding hydrogens is 873 g/mol. The third kappa shape index (κ3) is 6.90. The standard InChI is InChI=1S/C68H42N4/c1-70-66-65(54-42-51(47-26-10-4-11-27-47)39-52(43-54)48-28-12-5-13-29-48)67(71-60-34-18-14-30-55(60)56-31-15-19-35-61(56)71)59(44-69)64(68(66)72-62-36-20-16-32-57(62)58-33-17-21-37-63(58)72)53-40-49(45-22-6-2-7-23-45)38-50(41-53)46-24-8-3-9-25-46/h2-43H. The topological polar surface area (TPSA) is 38.0 Å². The monoisotopic (exact) mass is 914 g/mol. The van der Waals surface area contributed by atoms with Crippen molar-refractivity contribution in [1.82, 2.24) is 9.13 Å². The zero-order chi connectivity index (χ0) is 48.1. The molecule has 4 heteroatoms. The van der Waals surface area contributed by atoms with Crippen molar-refractivity contribution < 1.29 is 0 Å². The second kappa shape index (κ2) is 17.5. The first-order valence-electron chi connectivity index (χ1n) is 24.2. The van der Waals surface area contributed by atoms with Crippen LogP contribution in [0.5, 0.6) is 0 Å². The van der Waals surface area contributed by atoms with Gasteiger partial charge in [-0.25, -0.2) is 4.85 Å². The highest BCUT2D eigenvalue weighted by molar-refractivity contribution is 6.15. The van der Waals surface area contributed by atoms with Crippen molar-refractivity contribution in [3.05, 3.63) is 272 Å². The number of nitriles is 1. The maximum atomic E-state index is 12.5. The molecule has 334 valence electrons. The molecular formula is C68H42N4. The van der Waals surface area contributed by atoms with E-state index in [4.69, 9.17) is 4.85 Å². The Morgan fingerprint density at radius 1 is 0.306 bits per heavy atom. The van der Waals surface area contributed by atoms with Crippen molar-refractivity contribution in [3.63, 3.8) is 0 Å². The number of para-hydroxylation sites is 4. The van der Waals surface area contributed by atoms with Crippen LogP contribution in [0.4, 0.5) is 5.69 Å². The molecule has 0 aliphatic heterocycles. The summed E-state index contributed by atoms with van der Waals surface area (Å²) in [6.07, 6.45) is 0. The van der Waals surface area contributed by atoms with Crippen LogP contribution in [-0.2, 0) is 0 Å². The van der Waals surface area contributed by atoms with Gasteiger partial charge in [0.2, 0.25) is 5.69 Å². The number of fused-ring (bicyclic) bond motifs is 6. The summed E-state index contributed by atoms with van der Waals surface area (Å²) in [4.78, 5) is 4.78. The molecule has 0 saturated carbocycles. The summed E-state index contributed by atoms with van der Waals surface area (Å²) in [7, 11) is 0. The van der Waals surface area contributed by atoms with Gasteiger partial charge >= 0.3 is 0 Å². The van der Waals surface area contributed by atoms with Gasteiger partial charge < -0.3 is 9.13 Å². The zero-order valence-corrected chi connectivity index (χ0v) is 39.0. The average molecular weight is 915 g/mol. The van der Waals surface area contributed by atoms with E-state index in [1.165, 1.54) is 0 Å². The maximum absolute atomic E-state index is 12.5. The lowest BCUT2D eigenvalue weighted by Gasteiger charge is -2.26. The predicted octanol–water partition coefficient (Wildman–Crippen LogP) is 18.3. The molecule has 0 spiro atoms. The fraction of sp³-hybridized carbons (Fsp3) is 0. The summed E-state index contributed by atoms with van der Waals surface area (Å²) in [5.41, 5.74) is 17.1. The smallest absolute Gasteiger partial charge is 0.221 e. The van der Waals surface area contributed by atoms with E-state index < -0.39 is 0 Å². The van der Waals surface area contributed by atoms with E-state index in [0.717, 1.165) is 99.2 Å². The molecule has 2 heterocycles. The van der Waals surface area contributed by atoms with E-state index in [1.54, 1.807) is 0 Å². The average Bonchev–Trinajstić information content (AvgIpc) is 3.97. The normalized spacial score (nSPS) is 11.3. The van der Waals surface area contributed by atoms with Gasteiger partial charge in [-0.3, -0.25) is 0 Å². The highest BCUT2D eigenvalue weighted by Crippen LogP contribution is 2.53. The third-order valence-electron chi connectivity index (χ3n) is 14.1. The molecule has 0 radical (unpaired) electrons. The van der Waals surface area contributed by atoms with Crippen LogP contribution >= 0.6 is 0 Å². The van der Waals surface area contributed by atoms with Gasteiger partial charge in [0.25, 0.3) is 0 Å². The van der Waals surface area contributed by atoms with E-state index in [-0.39, 0.29) is 0 Å². The molecule has 0 saturated heterocycles. The van der Waals surface area contributed by atoms with Gasteiger partial charge in [-0.1, -0.05) is 194 Å². The molecule has 11 aromatic carbocycles. The fourth-order valence-electron chi connectivity index (χ4n) is 11.0. The van der Waals surface area contributed by atoms with Gasteiger partial charge in [0.15, 0.2) is 0 Å². The van der Waals surface area contributed by atoms with Crippen LogP contribution in [-0.4, -0.2) is 9.13 Å². The van der Waals surface area contributed by atoms with Crippen LogP contribution in [0.1, 0.15) is 5.56 Å². The number of rotatable bonds is 8. The third-order valence-corrected chi connectivity index (χ3v) is 14.1. The lowest BCUT2D eigenvalue weighted by molar-refractivity contribution is 1.14. The molecule has 2 aromatic heterocycles. The Balaban J connectivity index is 1.29. The summed E-state index contributed by atoms with van der Waals surface area (Å²) < 4.78 is 4.51. The predicted molar refractivity (Wildman–Crippen MR) is 299 cm³/mol. The summed E-state index contributed by atoms with van der Waals surface area (Å²) in [6.45, 7) is 9.74. The van der Waals surface area contributed by atoms with Crippen molar-refractivity contribution in [1.29, 1.82) is 5.26 Å². The maximum Gasteiger partial charge on any atom is 0.221 e. The molecule has 0 unspecified atom stereocenters. The molecule has 0 fully saturated rings. The van der Waals surface area contributed by atoms with Crippen molar-refractivity contribution in [2.24, 2.45) is 0 Å². The Labute approximate surface area is 417 Å². The first-order chi connectivity index (χ1) is 35.7. The lowest BCUT2D eigenvalue weighted by atomic mass is 9.85. The molecule has 0 N–H and O–H groups in total. The van der Waals surface area contributed by atoms with E-state index in [2.05, 4.69) is 246 Å². The summed E-state index contributed by atoms with van der Waals surface area (Å²) >= 11 is 0. The van der Waals surface area contributed by atoms with Crippen molar-refractivity contribution in [2.75, 3.05) is 0 Å². The first kappa shape index (κ1) is 42.1. The molecule has 72 heavy (non-hydrogen) atoms. The van der Waals surface area contributed by atoms with Crippen LogP contribution in [0.2, 0.25) is 0 Å². The summed E-state index contributed by atoms with van der Waals surface area (Å²) in [5.74, 6) is 0. The van der Waals surface area contributed by atoms with Crippen molar-refractivity contribution >= 4 is 49.3 Å². The van der Waals surface area contributed by atoms with Crippen LogP contribution in [0.15, 0.2) is 255 Å². The fourth-order valence-corrected chi connectivity index (χ4v) is 11.0. The van der Waals surface area contributed by atoms with Crippen LogP contribution in [0.3, 0.4) is 0 Å². The number of hydrogen-bond donors (Lipinski definition) is 0. The van der Waals surface area contributed by atoms with E-state index in [0.29, 0.717) is 33.8 Å². The molecule has 0 atom stereocenters. The lowest BCUT2D eigenvalue weighted by Crippen LogP contribution is -2.08. The molecule has 0 bridgehead atoms. The minimum Gasteiger partial charge on any atom is -0.318 e. The largest absolute Gasteiger partial charge is 0.318 e. The summed E-state index contributed by atoms with van der Waals surface area (Å²) in [6, 6.07) is 91.7. The van der Waals surface area contributed by atoms with Gasteiger partial charge in [0.1, 0.15) is 6.07 Å². The van der Waals surface area contributed by atoms with Crippen molar-refractivity contribution in [3.8, 4) is 84.2 Å². The van der Waals surface area contributed by atoms with Gasteiger partial charge in [-0.2, -0.15) is 5.26 Å². The SMILES string of the molecule is [C-]#[N+]c1c(-c2cc(-c3ccccc3)cc(-c3ccccc3)c2)c(-n2c3ccccc3c3ccccc32)c(C#N)c(-c2cc(-c3ccccc3)cc(-c3ccccc3)c2)c1-n1c2ccccc2c2ccccc21. The number of nitrogens with zero attached hydrogens (tertiary/aromatic N) is 4. The molecule has 4 nitrogen and oxygen atoms in total.